The van der Waals surface area contributed by atoms with Crippen molar-refractivity contribution < 1.29 is 0 Å². The van der Waals surface area contributed by atoms with Gasteiger partial charge in [0.05, 0.1) is 5.69 Å². The minimum Gasteiger partial charge on any atom is -0.231 e. The number of aryl methyl sites for hydroxylation is 1. The molecule has 0 fully saturated rings. The van der Waals surface area contributed by atoms with Crippen molar-refractivity contribution in [2.45, 2.75) is 12.1 Å². The zero-order valence-corrected chi connectivity index (χ0v) is 13.0. The van der Waals surface area contributed by atoms with Gasteiger partial charge < -0.3 is 0 Å². The lowest BCUT2D eigenvalue weighted by atomic mass is 10.1. The Hall–Kier alpha value is -1.65. The molecule has 3 aromatic rings. The predicted octanol–water partition coefficient (Wildman–Crippen LogP) is 4.89. The van der Waals surface area contributed by atoms with Crippen LogP contribution in [-0.2, 0) is 0 Å². The molecule has 0 amide bonds. The highest BCUT2D eigenvalue weighted by Crippen LogP contribution is 2.31. The number of nitrogens with zero attached hydrogens (tertiary/aromatic N) is 2. The van der Waals surface area contributed by atoms with Gasteiger partial charge in [-0.15, -0.1) is 11.3 Å². The van der Waals surface area contributed by atoms with E-state index >= 15 is 0 Å². The highest BCUT2D eigenvalue weighted by atomic mass is 32.2. The van der Waals surface area contributed by atoms with Gasteiger partial charge in [0.1, 0.15) is 0 Å². The van der Waals surface area contributed by atoms with Crippen LogP contribution in [0.5, 0.6) is 0 Å². The van der Waals surface area contributed by atoms with E-state index in [4.69, 9.17) is 0 Å². The summed E-state index contributed by atoms with van der Waals surface area (Å²) in [6.45, 7) is 2.17. The van der Waals surface area contributed by atoms with Gasteiger partial charge in [0, 0.05) is 15.8 Å². The Kier molecular flexibility index (Phi) is 3.85. The van der Waals surface area contributed by atoms with Gasteiger partial charge >= 0.3 is 0 Å². The first-order valence-corrected chi connectivity index (χ1v) is 8.35. The third kappa shape index (κ3) is 2.62. The fraction of sp³-hybridized carbons (Fsp3) is 0.125. The van der Waals surface area contributed by atoms with Crippen molar-refractivity contribution in [1.29, 1.82) is 0 Å². The Balaban J connectivity index is 1.95. The molecule has 4 heteroatoms. The maximum Gasteiger partial charge on any atom is 0.187 e. The molecule has 0 aliphatic heterocycles. The van der Waals surface area contributed by atoms with E-state index < -0.39 is 0 Å². The summed E-state index contributed by atoms with van der Waals surface area (Å²) in [5.74, 6) is 0. The van der Waals surface area contributed by atoms with E-state index in [1.54, 1.807) is 18.0 Å². The summed E-state index contributed by atoms with van der Waals surface area (Å²) < 4.78 is 1.33. The zero-order chi connectivity index (χ0) is 13.9. The number of hydrogen-bond acceptors (Lipinski definition) is 4. The van der Waals surface area contributed by atoms with Crippen LogP contribution in [0, 0.1) is 6.92 Å². The minimum absolute atomic E-state index is 0.806. The average Bonchev–Trinajstić information content (AvgIpc) is 2.82. The molecule has 0 saturated heterocycles. The first kappa shape index (κ1) is 13.3. The van der Waals surface area contributed by atoms with Gasteiger partial charge in [0.2, 0.25) is 0 Å². The number of thioether (sulfide) groups is 1. The number of benzene rings is 1. The molecular formula is C16H14N2S2. The lowest BCUT2D eigenvalue weighted by Gasteiger charge is -1.96. The van der Waals surface area contributed by atoms with Crippen LogP contribution in [0.25, 0.3) is 22.2 Å². The van der Waals surface area contributed by atoms with Crippen LogP contribution in [0.2, 0.25) is 0 Å². The second-order valence-electron chi connectivity index (χ2n) is 4.39. The monoisotopic (exact) mass is 298 g/mol. The van der Waals surface area contributed by atoms with Gasteiger partial charge in [-0.25, -0.2) is 9.97 Å². The van der Waals surface area contributed by atoms with Gasteiger partial charge in [0.25, 0.3) is 0 Å². The second-order valence-corrected chi connectivity index (χ2v) is 6.25. The van der Waals surface area contributed by atoms with Crippen molar-refractivity contribution in [3.8, 4) is 0 Å². The molecule has 0 spiro atoms. The van der Waals surface area contributed by atoms with Crippen LogP contribution in [0.3, 0.4) is 0 Å². The Labute approximate surface area is 126 Å². The van der Waals surface area contributed by atoms with E-state index in [1.165, 1.54) is 20.5 Å². The van der Waals surface area contributed by atoms with Crippen molar-refractivity contribution in [2.24, 2.45) is 0 Å². The van der Waals surface area contributed by atoms with Crippen molar-refractivity contribution in [3.63, 3.8) is 0 Å². The summed E-state index contributed by atoms with van der Waals surface area (Å²) in [6.07, 6.45) is 7.99. The Morgan fingerprint density at radius 1 is 1.15 bits per heavy atom. The third-order valence-electron chi connectivity index (χ3n) is 3.12. The van der Waals surface area contributed by atoms with Gasteiger partial charge in [-0.2, -0.15) is 0 Å². The summed E-state index contributed by atoms with van der Waals surface area (Å²) in [4.78, 5) is 9.93. The fourth-order valence-corrected chi connectivity index (χ4v) is 3.54. The summed E-state index contributed by atoms with van der Waals surface area (Å²) in [5.41, 5.74) is 2.28. The normalized spacial score (nSPS) is 11.5. The molecule has 0 N–H and O–H groups in total. The number of aromatic nitrogens is 2. The predicted molar refractivity (Wildman–Crippen MR) is 89.3 cm³/mol. The van der Waals surface area contributed by atoms with Crippen molar-refractivity contribution in [1.82, 2.24) is 9.97 Å². The van der Waals surface area contributed by atoms with Crippen molar-refractivity contribution in [2.75, 3.05) is 6.26 Å². The highest BCUT2D eigenvalue weighted by Gasteiger charge is 2.05. The summed E-state index contributed by atoms with van der Waals surface area (Å²) in [6, 6.07) is 10.4. The van der Waals surface area contributed by atoms with E-state index in [-0.39, 0.29) is 0 Å². The van der Waals surface area contributed by atoms with E-state index in [0.717, 1.165) is 10.9 Å². The van der Waals surface area contributed by atoms with Crippen molar-refractivity contribution >= 4 is 45.3 Å². The first-order chi connectivity index (χ1) is 9.78. The lowest BCUT2D eigenvalue weighted by Crippen LogP contribution is -1.86. The van der Waals surface area contributed by atoms with Gasteiger partial charge in [-0.05, 0) is 48.4 Å². The van der Waals surface area contributed by atoms with Crippen LogP contribution in [0.1, 0.15) is 16.1 Å². The number of hydrogen-bond donors (Lipinski definition) is 0. The van der Waals surface area contributed by atoms with E-state index in [0.29, 0.717) is 0 Å². The van der Waals surface area contributed by atoms with Gasteiger partial charge in [-0.3, -0.25) is 0 Å². The fourth-order valence-electron chi connectivity index (χ4n) is 2.06. The largest absolute Gasteiger partial charge is 0.231 e. The first-order valence-electron chi connectivity index (χ1n) is 6.31. The average molecular weight is 298 g/mol. The van der Waals surface area contributed by atoms with Crippen LogP contribution in [0.15, 0.2) is 41.7 Å². The van der Waals surface area contributed by atoms with E-state index in [1.807, 2.05) is 23.7 Å². The SMILES string of the molecule is CSc1nccc(C=Cc2sc3ccccc3c2C)n1. The third-order valence-corrected chi connectivity index (χ3v) is 4.92. The molecule has 0 unspecified atom stereocenters. The summed E-state index contributed by atoms with van der Waals surface area (Å²) in [7, 11) is 0. The van der Waals surface area contributed by atoms with E-state index in [9.17, 15) is 0 Å². The molecule has 2 heterocycles. The molecule has 0 bridgehead atoms. The minimum atomic E-state index is 0.806. The topological polar surface area (TPSA) is 25.8 Å². The smallest absolute Gasteiger partial charge is 0.187 e. The quantitative estimate of drug-likeness (QED) is 0.508. The number of fused-ring (bicyclic) bond motifs is 1. The second kappa shape index (κ2) is 5.77. The van der Waals surface area contributed by atoms with Crippen LogP contribution in [0.4, 0.5) is 0 Å². The zero-order valence-electron chi connectivity index (χ0n) is 11.3. The molecule has 0 aliphatic carbocycles. The molecule has 100 valence electrons. The molecule has 0 saturated carbocycles. The summed E-state index contributed by atoms with van der Waals surface area (Å²) in [5, 5.41) is 2.14. The molecule has 0 atom stereocenters. The van der Waals surface area contributed by atoms with E-state index in [2.05, 4.69) is 53.3 Å². The lowest BCUT2D eigenvalue weighted by molar-refractivity contribution is 0.961. The number of rotatable bonds is 3. The molecular weight excluding hydrogens is 284 g/mol. The molecule has 2 aromatic heterocycles. The maximum atomic E-state index is 4.46. The molecule has 1 aromatic carbocycles. The van der Waals surface area contributed by atoms with Crippen LogP contribution >= 0.6 is 23.1 Å². The molecule has 2 nitrogen and oxygen atoms in total. The van der Waals surface area contributed by atoms with Gasteiger partial charge in [-0.1, -0.05) is 30.0 Å². The molecule has 0 aliphatic rings. The van der Waals surface area contributed by atoms with Crippen molar-refractivity contribution in [3.05, 3.63) is 52.7 Å². The Bertz CT molecular complexity index is 775. The number of thiophene rings is 1. The van der Waals surface area contributed by atoms with Gasteiger partial charge in [0.15, 0.2) is 5.16 Å². The molecule has 20 heavy (non-hydrogen) atoms. The van der Waals surface area contributed by atoms with Crippen LogP contribution < -0.4 is 0 Å². The maximum absolute atomic E-state index is 4.46. The molecule has 0 radical (unpaired) electrons. The standard InChI is InChI=1S/C16H14N2S2/c1-11-13-5-3-4-6-15(13)20-14(11)8-7-12-9-10-17-16(18-12)19-2/h3-10H,1-2H3. The summed E-state index contributed by atoms with van der Waals surface area (Å²) >= 11 is 3.38. The van der Waals surface area contributed by atoms with Crippen LogP contribution in [-0.4, -0.2) is 16.2 Å². The Morgan fingerprint density at radius 3 is 2.80 bits per heavy atom. The molecule has 3 rings (SSSR count). The Morgan fingerprint density at radius 2 is 2.00 bits per heavy atom. The highest BCUT2D eigenvalue weighted by molar-refractivity contribution is 7.98.